The van der Waals surface area contributed by atoms with Gasteiger partial charge in [0.2, 0.25) is 5.91 Å². The van der Waals surface area contributed by atoms with Crippen molar-refractivity contribution in [1.82, 2.24) is 5.32 Å². The van der Waals surface area contributed by atoms with Crippen molar-refractivity contribution in [3.63, 3.8) is 0 Å². The normalized spacial score (nSPS) is 19.9. The van der Waals surface area contributed by atoms with Gasteiger partial charge >= 0.3 is 5.97 Å². The molecule has 1 fully saturated rings. The molecule has 1 aliphatic rings. The third-order valence-corrected chi connectivity index (χ3v) is 4.38. The van der Waals surface area contributed by atoms with Crippen LogP contribution >= 0.6 is 0 Å². The number of rotatable bonds is 5. The van der Waals surface area contributed by atoms with Crippen molar-refractivity contribution in [3.8, 4) is 5.75 Å². The second kappa shape index (κ2) is 6.28. The summed E-state index contributed by atoms with van der Waals surface area (Å²) in [6.07, 6.45) is 1.31. The molecular formula is C18H19NO4. The van der Waals surface area contributed by atoms with Crippen molar-refractivity contribution in [3.05, 3.63) is 42.0 Å². The zero-order valence-electron chi connectivity index (χ0n) is 12.9. The first-order chi connectivity index (χ1) is 11.1. The summed E-state index contributed by atoms with van der Waals surface area (Å²) in [5.74, 6) is -0.415. The highest BCUT2D eigenvalue weighted by Gasteiger charge is 2.35. The van der Waals surface area contributed by atoms with E-state index in [-0.39, 0.29) is 24.3 Å². The van der Waals surface area contributed by atoms with Crippen LogP contribution in [0.4, 0.5) is 0 Å². The molecule has 2 aromatic carbocycles. The molecule has 120 valence electrons. The number of benzene rings is 2. The number of nitrogens with one attached hydrogen (secondary N) is 1. The lowest BCUT2D eigenvalue weighted by molar-refractivity contribution is -0.146. The fraction of sp³-hybridized carbons (Fsp3) is 0.333. The van der Waals surface area contributed by atoms with Crippen LogP contribution in [0.2, 0.25) is 0 Å². The SMILES string of the molecule is COc1ccc2cccc(CC(=O)NC3CC(C(=O)O)C3)c2c1. The number of amides is 1. The Bertz CT molecular complexity index is 750. The summed E-state index contributed by atoms with van der Waals surface area (Å²) in [5, 5.41) is 13.8. The monoisotopic (exact) mass is 313 g/mol. The smallest absolute Gasteiger partial charge is 0.306 e. The topological polar surface area (TPSA) is 75.6 Å². The Morgan fingerprint density at radius 3 is 2.74 bits per heavy atom. The van der Waals surface area contributed by atoms with Crippen LogP contribution in [0, 0.1) is 5.92 Å². The predicted molar refractivity (Wildman–Crippen MR) is 86.5 cm³/mol. The van der Waals surface area contributed by atoms with E-state index in [1.165, 1.54) is 0 Å². The molecule has 5 nitrogen and oxygen atoms in total. The fourth-order valence-corrected chi connectivity index (χ4v) is 2.99. The van der Waals surface area contributed by atoms with E-state index in [9.17, 15) is 9.59 Å². The highest BCUT2D eigenvalue weighted by atomic mass is 16.5. The van der Waals surface area contributed by atoms with Crippen LogP contribution in [0.25, 0.3) is 10.8 Å². The summed E-state index contributed by atoms with van der Waals surface area (Å²) in [4.78, 5) is 23.0. The third-order valence-electron chi connectivity index (χ3n) is 4.38. The lowest BCUT2D eigenvalue weighted by Crippen LogP contribution is -2.47. The lowest BCUT2D eigenvalue weighted by Gasteiger charge is -2.32. The van der Waals surface area contributed by atoms with Crippen LogP contribution in [0.3, 0.4) is 0 Å². The first-order valence-corrected chi connectivity index (χ1v) is 7.64. The fourth-order valence-electron chi connectivity index (χ4n) is 2.99. The maximum absolute atomic E-state index is 12.2. The maximum Gasteiger partial charge on any atom is 0.306 e. The summed E-state index contributed by atoms with van der Waals surface area (Å²) < 4.78 is 5.25. The van der Waals surface area contributed by atoms with Gasteiger partial charge in [0.15, 0.2) is 0 Å². The Morgan fingerprint density at radius 1 is 1.26 bits per heavy atom. The summed E-state index contributed by atoms with van der Waals surface area (Å²) in [7, 11) is 1.62. The minimum absolute atomic E-state index is 0.0203. The number of methoxy groups -OCH3 is 1. The number of aliphatic carboxylic acids is 1. The van der Waals surface area contributed by atoms with E-state index in [0.717, 1.165) is 22.1 Å². The van der Waals surface area contributed by atoms with E-state index in [1.807, 2.05) is 36.4 Å². The molecule has 1 amide bonds. The van der Waals surface area contributed by atoms with Gasteiger partial charge in [-0.15, -0.1) is 0 Å². The van der Waals surface area contributed by atoms with Crippen LogP contribution in [0.1, 0.15) is 18.4 Å². The number of carbonyl (C=O) groups is 2. The van der Waals surface area contributed by atoms with Gasteiger partial charge in [0.1, 0.15) is 5.75 Å². The molecular weight excluding hydrogens is 294 g/mol. The van der Waals surface area contributed by atoms with Gasteiger partial charge in [-0.05, 0) is 41.3 Å². The molecule has 0 radical (unpaired) electrons. The van der Waals surface area contributed by atoms with Gasteiger partial charge in [-0.2, -0.15) is 0 Å². The van der Waals surface area contributed by atoms with Gasteiger partial charge < -0.3 is 15.2 Å². The van der Waals surface area contributed by atoms with Crippen molar-refractivity contribution in [2.24, 2.45) is 5.92 Å². The molecule has 0 unspecified atom stereocenters. The third kappa shape index (κ3) is 3.28. The first kappa shape index (κ1) is 15.3. The Kier molecular flexibility index (Phi) is 4.19. The van der Waals surface area contributed by atoms with Crippen LogP contribution in [-0.4, -0.2) is 30.1 Å². The molecule has 2 N–H and O–H groups in total. The largest absolute Gasteiger partial charge is 0.497 e. The molecule has 2 aromatic rings. The van der Waals surface area contributed by atoms with Crippen molar-refractivity contribution >= 4 is 22.6 Å². The molecule has 0 atom stereocenters. The van der Waals surface area contributed by atoms with Gasteiger partial charge in [-0.1, -0.05) is 24.3 Å². The van der Waals surface area contributed by atoms with Crippen molar-refractivity contribution < 1.29 is 19.4 Å². The summed E-state index contributed by atoms with van der Waals surface area (Å²) >= 11 is 0. The second-order valence-corrected chi connectivity index (χ2v) is 5.95. The van der Waals surface area contributed by atoms with Gasteiger partial charge in [0.05, 0.1) is 19.4 Å². The van der Waals surface area contributed by atoms with Gasteiger partial charge in [-0.25, -0.2) is 0 Å². The number of carbonyl (C=O) groups excluding carboxylic acids is 1. The summed E-state index contributed by atoms with van der Waals surface area (Å²) in [6.45, 7) is 0. The highest BCUT2D eigenvalue weighted by molar-refractivity contribution is 5.91. The predicted octanol–water partition coefficient (Wildman–Crippen LogP) is 2.37. The average Bonchev–Trinajstić information content (AvgIpc) is 2.50. The van der Waals surface area contributed by atoms with E-state index in [1.54, 1.807) is 7.11 Å². The Balaban J connectivity index is 1.69. The first-order valence-electron chi connectivity index (χ1n) is 7.64. The average molecular weight is 313 g/mol. The van der Waals surface area contributed by atoms with Crippen LogP contribution in [-0.2, 0) is 16.0 Å². The number of carboxylic acids is 1. The zero-order chi connectivity index (χ0) is 16.4. The van der Waals surface area contributed by atoms with Crippen molar-refractivity contribution in [2.75, 3.05) is 7.11 Å². The summed E-state index contributed by atoms with van der Waals surface area (Å²) in [6, 6.07) is 11.6. The number of fused-ring (bicyclic) bond motifs is 1. The van der Waals surface area contributed by atoms with Gasteiger partial charge in [0.25, 0.3) is 0 Å². The van der Waals surface area contributed by atoms with E-state index in [2.05, 4.69) is 5.32 Å². The number of carboxylic acid groups (broad SMARTS) is 1. The van der Waals surface area contributed by atoms with Crippen LogP contribution in [0.5, 0.6) is 5.75 Å². The summed E-state index contributed by atoms with van der Waals surface area (Å²) in [5.41, 5.74) is 0.938. The molecule has 0 heterocycles. The number of hydrogen-bond acceptors (Lipinski definition) is 3. The van der Waals surface area contributed by atoms with Crippen LogP contribution in [0.15, 0.2) is 36.4 Å². The molecule has 1 aliphatic carbocycles. The highest BCUT2D eigenvalue weighted by Crippen LogP contribution is 2.28. The number of hydrogen-bond donors (Lipinski definition) is 2. The molecule has 0 spiro atoms. The maximum atomic E-state index is 12.2. The van der Waals surface area contributed by atoms with E-state index in [0.29, 0.717) is 12.8 Å². The van der Waals surface area contributed by atoms with E-state index < -0.39 is 5.97 Å². The molecule has 0 aliphatic heterocycles. The Labute approximate surface area is 134 Å². The molecule has 0 aromatic heterocycles. The number of ether oxygens (including phenoxy) is 1. The minimum atomic E-state index is -0.781. The molecule has 5 heteroatoms. The molecule has 0 saturated heterocycles. The van der Waals surface area contributed by atoms with E-state index in [4.69, 9.17) is 9.84 Å². The van der Waals surface area contributed by atoms with Crippen LogP contribution < -0.4 is 10.1 Å². The Morgan fingerprint density at radius 2 is 2.04 bits per heavy atom. The van der Waals surface area contributed by atoms with Crippen molar-refractivity contribution in [1.29, 1.82) is 0 Å². The second-order valence-electron chi connectivity index (χ2n) is 5.95. The van der Waals surface area contributed by atoms with Crippen molar-refractivity contribution in [2.45, 2.75) is 25.3 Å². The molecule has 3 rings (SSSR count). The zero-order valence-corrected chi connectivity index (χ0v) is 12.9. The van der Waals surface area contributed by atoms with Gasteiger partial charge in [0, 0.05) is 6.04 Å². The standard InChI is InChI=1S/C18H19NO4/c1-23-15-6-5-11-3-2-4-12(16(11)10-15)9-17(20)19-14-7-13(8-14)18(21)22/h2-6,10,13-14H,7-9H2,1H3,(H,19,20)(H,21,22). The lowest BCUT2D eigenvalue weighted by atomic mass is 9.80. The molecule has 1 saturated carbocycles. The molecule has 0 bridgehead atoms. The Hall–Kier alpha value is -2.56. The minimum Gasteiger partial charge on any atom is -0.497 e. The van der Waals surface area contributed by atoms with E-state index >= 15 is 0 Å². The quantitative estimate of drug-likeness (QED) is 0.888. The molecule has 23 heavy (non-hydrogen) atoms. The van der Waals surface area contributed by atoms with Gasteiger partial charge in [-0.3, -0.25) is 9.59 Å².